The van der Waals surface area contributed by atoms with Gasteiger partial charge in [-0.3, -0.25) is 13.9 Å². The second-order valence-electron chi connectivity index (χ2n) is 10.8. The molecule has 3 aromatic rings. The van der Waals surface area contributed by atoms with E-state index in [1.165, 1.54) is 4.31 Å². The fourth-order valence-electron chi connectivity index (χ4n) is 4.85. The number of nitrogens with one attached hydrogen (secondary N) is 1. The van der Waals surface area contributed by atoms with Crippen LogP contribution in [0.5, 0.6) is 5.75 Å². The molecule has 0 saturated carbocycles. The maximum atomic E-state index is 14.0. The first-order valence-corrected chi connectivity index (χ1v) is 16.8. The van der Waals surface area contributed by atoms with Gasteiger partial charge in [0, 0.05) is 32.0 Å². The van der Waals surface area contributed by atoms with E-state index >= 15 is 0 Å². The van der Waals surface area contributed by atoms with Crippen LogP contribution in [0.3, 0.4) is 0 Å². The van der Waals surface area contributed by atoms with Crippen LogP contribution in [0.2, 0.25) is 0 Å². The molecule has 0 bridgehead atoms. The molecule has 43 heavy (non-hydrogen) atoms. The lowest BCUT2D eigenvalue weighted by atomic mass is 10.0. The molecule has 0 saturated heterocycles. The molecule has 0 aliphatic rings. The van der Waals surface area contributed by atoms with Crippen molar-refractivity contribution in [3.63, 3.8) is 0 Å². The third kappa shape index (κ3) is 10.1. The Morgan fingerprint density at radius 3 is 2.19 bits per heavy atom. The summed E-state index contributed by atoms with van der Waals surface area (Å²) in [4.78, 5) is 29.4. The van der Waals surface area contributed by atoms with Crippen molar-refractivity contribution in [2.75, 3.05) is 23.7 Å². The largest absolute Gasteiger partial charge is 0.494 e. The number of ether oxygens (including phenoxy) is 1. The Balaban J connectivity index is 1.88. The molecule has 2 atom stereocenters. The van der Waals surface area contributed by atoms with Crippen LogP contribution in [-0.2, 0) is 32.6 Å². The minimum absolute atomic E-state index is 0.0429. The molecule has 0 fully saturated rings. The fraction of sp³-hybridized carbons (Fsp3) is 0.412. The summed E-state index contributed by atoms with van der Waals surface area (Å²) in [7, 11) is -3.60. The zero-order valence-corrected chi connectivity index (χ0v) is 26.8. The first kappa shape index (κ1) is 33.6. The van der Waals surface area contributed by atoms with Crippen molar-refractivity contribution in [1.82, 2.24) is 10.2 Å². The Morgan fingerprint density at radius 2 is 1.58 bits per heavy atom. The highest BCUT2D eigenvalue weighted by atomic mass is 32.2. The van der Waals surface area contributed by atoms with Gasteiger partial charge in [0.15, 0.2) is 0 Å². The van der Waals surface area contributed by atoms with Gasteiger partial charge < -0.3 is 15.0 Å². The van der Waals surface area contributed by atoms with Crippen LogP contribution in [0, 0.1) is 6.92 Å². The van der Waals surface area contributed by atoms with Gasteiger partial charge in [0.1, 0.15) is 11.8 Å². The topological polar surface area (TPSA) is 96.0 Å². The van der Waals surface area contributed by atoms with Gasteiger partial charge in [-0.15, -0.1) is 0 Å². The Morgan fingerprint density at radius 1 is 0.930 bits per heavy atom. The lowest BCUT2D eigenvalue weighted by molar-refractivity contribution is -0.141. The predicted molar refractivity (Wildman–Crippen MR) is 173 cm³/mol. The molecule has 0 aromatic heterocycles. The quantitative estimate of drug-likeness (QED) is 0.232. The number of benzene rings is 3. The first-order chi connectivity index (χ1) is 20.5. The molecule has 1 N–H and O–H groups in total. The van der Waals surface area contributed by atoms with Crippen LogP contribution in [-0.4, -0.2) is 56.6 Å². The van der Waals surface area contributed by atoms with Crippen molar-refractivity contribution in [2.45, 2.75) is 72.0 Å². The van der Waals surface area contributed by atoms with Gasteiger partial charge in [-0.2, -0.15) is 0 Å². The van der Waals surface area contributed by atoms with Gasteiger partial charge >= 0.3 is 0 Å². The van der Waals surface area contributed by atoms with Gasteiger partial charge in [0.05, 0.1) is 18.6 Å². The normalized spacial score (nSPS) is 12.7. The standard InChI is InChI=1S/C34H45N3O5S/c1-6-27(4)35-34(39)32(24-28-15-9-8-10-16-28)36(25-29-17-12-11-14-26(29)3)33(38)18-13-23-37(43(5,40)41)30-19-21-31(22-20-30)42-7-2/h8-12,14-17,19-22,27,32H,6-7,13,18,23-25H2,1-5H3,(H,35,39)/t27-,32-/m1/s1. The number of sulfonamides is 1. The molecule has 9 heteroatoms. The number of hydrogen-bond donors (Lipinski definition) is 1. The van der Waals surface area contributed by atoms with Gasteiger partial charge in [-0.25, -0.2) is 8.42 Å². The fourth-order valence-corrected chi connectivity index (χ4v) is 5.81. The van der Waals surface area contributed by atoms with Crippen LogP contribution in [0.1, 0.15) is 56.7 Å². The van der Waals surface area contributed by atoms with Gasteiger partial charge in [0.25, 0.3) is 0 Å². The van der Waals surface area contributed by atoms with Crippen molar-refractivity contribution in [3.8, 4) is 5.75 Å². The number of aryl methyl sites for hydroxylation is 1. The molecule has 0 aliphatic heterocycles. The summed E-state index contributed by atoms with van der Waals surface area (Å²) in [6.45, 7) is 8.73. The zero-order chi connectivity index (χ0) is 31.4. The smallest absolute Gasteiger partial charge is 0.243 e. The first-order valence-electron chi connectivity index (χ1n) is 14.9. The lowest BCUT2D eigenvalue weighted by Gasteiger charge is -2.33. The molecule has 3 aromatic carbocycles. The van der Waals surface area contributed by atoms with Crippen LogP contribution >= 0.6 is 0 Å². The molecular weight excluding hydrogens is 562 g/mol. The SMILES string of the molecule is CCOc1ccc(N(CCCC(=O)N(Cc2ccccc2C)[C@H](Cc2ccccc2)C(=O)N[C@H](C)CC)S(C)(=O)=O)cc1. The molecular formula is C34H45N3O5S. The molecule has 0 unspecified atom stereocenters. The van der Waals surface area contributed by atoms with E-state index in [2.05, 4.69) is 5.32 Å². The van der Waals surface area contributed by atoms with Gasteiger partial charge in [-0.1, -0.05) is 61.5 Å². The van der Waals surface area contributed by atoms with Crippen LogP contribution in [0.25, 0.3) is 0 Å². The molecule has 0 spiro atoms. The summed E-state index contributed by atoms with van der Waals surface area (Å²) in [5.74, 6) is 0.248. The zero-order valence-electron chi connectivity index (χ0n) is 26.0. The summed E-state index contributed by atoms with van der Waals surface area (Å²) in [5, 5.41) is 3.08. The summed E-state index contributed by atoms with van der Waals surface area (Å²) in [6, 6.07) is 23.6. The Bertz CT molecular complexity index is 1430. The Hall–Kier alpha value is -3.85. The van der Waals surface area contributed by atoms with Crippen molar-refractivity contribution in [2.24, 2.45) is 0 Å². The van der Waals surface area contributed by atoms with E-state index in [1.54, 1.807) is 29.2 Å². The van der Waals surface area contributed by atoms with E-state index in [1.807, 2.05) is 82.3 Å². The maximum Gasteiger partial charge on any atom is 0.243 e. The molecule has 2 amide bonds. The highest BCUT2D eigenvalue weighted by Crippen LogP contribution is 2.23. The maximum absolute atomic E-state index is 14.0. The number of hydrogen-bond acceptors (Lipinski definition) is 5. The third-order valence-electron chi connectivity index (χ3n) is 7.46. The lowest BCUT2D eigenvalue weighted by Crippen LogP contribution is -2.52. The average molecular weight is 608 g/mol. The molecule has 0 heterocycles. The number of nitrogens with zero attached hydrogens (tertiary/aromatic N) is 2. The van der Waals surface area contributed by atoms with E-state index < -0.39 is 16.1 Å². The van der Waals surface area contributed by atoms with Crippen molar-refractivity contribution >= 4 is 27.5 Å². The molecule has 8 nitrogen and oxygen atoms in total. The number of carbonyl (C=O) groups excluding carboxylic acids is 2. The van der Waals surface area contributed by atoms with Crippen LogP contribution in [0.15, 0.2) is 78.9 Å². The summed E-state index contributed by atoms with van der Waals surface area (Å²) in [6.07, 6.45) is 2.65. The van der Waals surface area contributed by atoms with Crippen LogP contribution in [0.4, 0.5) is 5.69 Å². The summed E-state index contributed by atoms with van der Waals surface area (Å²) >= 11 is 0. The molecule has 0 radical (unpaired) electrons. The highest BCUT2D eigenvalue weighted by molar-refractivity contribution is 7.92. The predicted octanol–water partition coefficient (Wildman–Crippen LogP) is 5.49. The van der Waals surface area contributed by atoms with E-state index in [0.29, 0.717) is 24.5 Å². The second-order valence-corrected chi connectivity index (χ2v) is 12.7. The van der Waals surface area contributed by atoms with E-state index in [9.17, 15) is 18.0 Å². The number of anilines is 1. The van der Waals surface area contributed by atoms with Crippen molar-refractivity contribution in [1.29, 1.82) is 0 Å². The van der Waals surface area contributed by atoms with E-state index in [4.69, 9.17) is 4.74 Å². The Kier molecular flexibility index (Phi) is 12.6. The number of rotatable bonds is 16. The molecule has 0 aliphatic carbocycles. The minimum atomic E-state index is -3.60. The molecule has 3 rings (SSSR count). The van der Waals surface area contributed by atoms with Crippen molar-refractivity contribution < 1.29 is 22.7 Å². The monoisotopic (exact) mass is 607 g/mol. The second kappa shape index (κ2) is 16.1. The van der Waals surface area contributed by atoms with E-state index in [0.717, 1.165) is 29.4 Å². The number of carbonyl (C=O) groups is 2. The van der Waals surface area contributed by atoms with E-state index in [-0.39, 0.29) is 43.8 Å². The van der Waals surface area contributed by atoms with Gasteiger partial charge in [-0.05, 0) is 74.6 Å². The third-order valence-corrected chi connectivity index (χ3v) is 8.66. The molecule has 232 valence electrons. The number of amides is 2. The average Bonchev–Trinajstić information content (AvgIpc) is 2.98. The summed E-state index contributed by atoms with van der Waals surface area (Å²) in [5.41, 5.74) is 3.44. The van der Waals surface area contributed by atoms with Crippen molar-refractivity contribution in [3.05, 3.63) is 95.6 Å². The van der Waals surface area contributed by atoms with Gasteiger partial charge in [0.2, 0.25) is 21.8 Å². The van der Waals surface area contributed by atoms with Crippen LogP contribution < -0.4 is 14.4 Å². The minimum Gasteiger partial charge on any atom is -0.494 e. The summed E-state index contributed by atoms with van der Waals surface area (Å²) < 4.78 is 32.2. The highest BCUT2D eigenvalue weighted by Gasteiger charge is 2.31. The Labute approximate surface area is 257 Å².